The van der Waals surface area contributed by atoms with Gasteiger partial charge >= 0.3 is 0 Å². The highest BCUT2D eigenvalue weighted by molar-refractivity contribution is 7.71. The highest BCUT2D eigenvalue weighted by atomic mass is 32.1. The third kappa shape index (κ3) is 2.26. The van der Waals surface area contributed by atoms with Crippen molar-refractivity contribution in [2.24, 2.45) is 0 Å². The fourth-order valence-electron chi connectivity index (χ4n) is 1.79. The van der Waals surface area contributed by atoms with E-state index in [2.05, 4.69) is 9.97 Å². The van der Waals surface area contributed by atoms with Gasteiger partial charge in [-0.3, -0.25) is 0 Å². The summed E-state index contributed by atoms with van der Waals surface area (Å²) in [6.45, 7) is 3.66. The van der Waals surface area contributed by atoms with Gasteiger partial charge in [-0.2, -0.15) is 0 Å². The van der Waals surface area contributed by atoms with Gasteiger partial charge in [0.2, 0.25) is 0 Å². The highest BCUT2D eigenvalue weighted by Crippen LogP contribution is 2.31. The molecule has 0 amide bonds. The van der Waals surface area contributed by atoms with Crippen LogP contribution in [0.5, 0.6) is 5.75 Å². The first-order valence-corrected chi connectivity index (χ1v) is 5.85. The number of rotatable bonds is 2. The molecule has 0 fully saturated rings. The average molecular weight is 264 g/mol. The number of methoxy groups -OCH3 is 1. The third-order valence-electron chi connectivity index (χ3n) is 2.70. The number of aromatic nitrogens is 2. The second-order valence-corrected chi connectivity index (χ2v) is 4.36. The average Bonchev–Trinajstić information content (AvgIpc) is 2.33. The first kappa shape index (κ1) is 12.7. The Morgan fingerprint density at radius 2 is 2.06 bits per heavy atom. The number of hydrogen-bond donors (Lipinski definition) is 1. The van der Waals surface area contributed by atoms with Gasteiger partial charge in [0.25, 0.3) is 0 Å². The fraction of sp³-hybridized carbons (Fsp3) is 0.231. The molecular formula is C13H13FN2OS. The summed E-state index contributed by atoms with van der Waals surface area (Å²) in [4.78, 5) is 7.27. The van der Waals surface area contributed by atoms with E-state index in [0.717, 1.165) is 11.3 Å². The second kappa shape index (κ2) is 4.86. The van der Waals surface area contributed by atoms with Gasteiger partial charge < -0.3 is 9.72 Å². The number of benzene rings is 1. The minimum Gasteiger partial charge on any atom is -0.496 e. The minimum atomic E-state index is -0.320. The quantitative estimate of drug-likeness (QED) is 0.843. The molecule has 0 spiro atoms. The lowest BCUT2D eigenvalue weighted by Crippen LogP contribution is -1.98. The van der Waals surface area contributed by atoms with Crippen LogP contribution in [0.25, 0.3) is 11.3 Å². The largest absolute Gasteiger partial charge is 0.496 e. The summed E-state index contributed by atoms with van der Waals surface area (Å²) in [5, 5.41) is 0. The van der Waals surface area contributed by atoms with Gasteiger partial charge in [-0.05, 0) is 32.0 Å². The zero-order valence-corrected chi connectivity index (χ0v) is 11.2. The van der Waals surface area contributed by atoms with Crippen LogP contribution in [0.2, 0.25) is 0 Å². The van der Waals surface area contributed by atoms with Crippen molar-refractivity contribution in [1.29, 1.82) is 0 Å². The van der Waals surface area contributed by atoms with Crippen molar-refractivity contribution < 1.29 is 9.13 Å². The van der Waals surface area contributed by atoms with Crippen LogP contribution in [0.4, 0.5) is 4.39 Å². The smallest absolute Gasteiger partial charge is 0.133 e. The fourth-order valence-corrected chi connectivity index (χ4v) is 2.03. The van der Waals surface area contributed by atoms with Gasteiger partial charge in [0.1, 0.15) is 22.0 Å². The number of aromatic amines is 1. The van der Waals surface area contributed by atoms with Crippen LogP contribution in [-0.2, 0) is 0 Å². The SMILES string of the molecule is COc1ccc(F)cc1-c1[nH]c(C)nc(=S)c1C. The van der Waals surface area contributed by atoms with Crippen molar-refractivity contribution in [1.82, 2.24) is 9.97 Å². The van der Waals surface area contributed by atoms with Gasteiger partial charge in [0.05, 0.1) is 12.8 Å². The maximum Gasteiger partial charge on any atom is 0.133 e. The number of nitrogens with zero attached hydrogens (tertiary/aromatic N) is 1. The van der Waals surface area contributed by atoms with E-state index in [1.165, 1.54) is 12.1 Å². The predicted octanol–water partition coefficient (Wildman–Crippen LogP) is 3.57. The van der Waals surface area contributed by atoms with Crippen molar-refractivity contribution in [3.05, 3.63) is 40.0 Å². The molecule has 0 atom stereocenters. The summed E-state index contributed by atoms with van der Waals surface area (Å²) in [5.41, 5.74) is 2.19. The Balaban J connectivity index is 2.76. The van der Waals surface area contributed by atoms with E-state index in [1.807, 2.05) is 13.8 Å². The number of halogens is 1. The minimum absolute atomic E-state index is 0.320. The van der Waals surface area contributed by atoms with Crippen molar-refractivity contribution in [2.45, 2.75) is 13.8 Å². The molecule has 0 unspecified atom stereocenters. The molecule has 0 saturated heterocycles. The number of aryl methyl sites for hydroxylation is 1. The Hall–Kier alpha value is -1.75. The molecular weight excluding hydrogens is 251 g/mol. The van der Waals surface area contributed by atoms with Crippen LogP contribution in [0.15, 0.2) is 18.2 Å². The molecule has 1 aromatic heterocycles. The Morgan fingerprint density at radius 1 is 1.33 bits per heavy atom. The molecule has 1 aromatic carbocycles. The first-order valence-electron chi connectivity index (χ1n) is 5.44. The standard InChI is InChI=1S/C13H13FN2OS/c1-7-12(15-8(2)16-13(7)18)10-6-9(14)4-5-11(10)17-3/h4-6H,1-3H3,(H,15,16,18). The summed E-state index contributed by atoms with van der Waals surface area (Å²) in [7, 11) is 1.55. The second-order valence-electron chi connectivity index (χ2n) is 3.97. The van der Waals surface area contributed by atoms with Crippen molar-refractivity contribution in [3.63, 3.8) is 0 Å². The van der Waals surface area contributed by atoms with Gasteiger partial charge in [-0.25, -0.2) is 9.37 Å². The molecule has 0 aliphatic carbocycles. The normalized spacial score (nSPS) is 10.4. The molecule has 1 heterocycles. The van der Waals surface area contributed by atoms with E-state index in [4.69, 9.17) is 17.0 Å². The molecule has 0 saturated carbocycles. The van der Waals surface area contributed by atoms with Crippen molar-refractivity contribution >= 4 is 12.2 Å². The van der Waals surface area contributed by atoms with Crippen LogP contribution in [-0.4, -0.2) is 17.1 Å². The number of nitrogens with one attached hydrogen (secondary N) is 1. The number of H-pyrrole nitrogens is 1. The van der Waals surface area contributed by atoms with Crippen LogP contribution >= 0.6 is 12.2 Å². The Morgan fingerprint density at radius 3 is 2.72 bits per heavy atom. The number of ether oxygens (including phenoxy) is 1. The Kier molecular flexibility index (Phi) is 3.43. The molecule has 1 N–H and O–H groups in total. The van der Waals surface area contributed by atoms with E-state index >= 15 is 0 Å². The lowest BCUT2D eigenvalue weighted by atomic mass is 10.1. The molecule has 2 aromatic rings. The molecule has 3 nitrogen and oxygen atoms in total. The zero-order valence-electron chi connectivity index (χ0n) is 10.4. The van der Waals surface area contributed by atoms with Crippen molar-refractivity contribution in [2.75, 3.05) is 7.11 Å². The van der Waals surface area contributed by atoms with Gasteiger partial charge in [-0.1, -0.05) is 12.2 Å². The van der Waals surface area contributed by atoms with Gasteiger partial charge in [0.15, 0.2) is 0 Å². The maximum absolute atomic E-state index is 13.4. The van der Waals surface area contributed by atoms with E-state index in [1.54, 1.807) is 13.2 Å². The number of hydrogen-bond acceptors (Lipinski definition) is 3. The van der Waals surface area contributed by atoms with E-state index in [-0.39, 0.29) is 5.82 Å². The molecule has 18 heavy (non-hydrogen) atoms. The molecule has 0 bridgehead atoms. The van der Waals surface area contributed by atoms with E-state index in [9.17, 15) is 4.39 Å². The van der Waals surface area contributed by atoms with Crippen molar-refractivity contribution in [3.8, 4) is 17.0 Å². The van der Waals surface area contributed by atoms with E-state index < -0.39 is 0 Å². The van der Waals surface area contributed by atoms with Crippen LogP contribution < -0.4 is 4.74 Å². The highest BCUT2D eigenvalue weighted by Gasteiger charge is 2.12. The summed E-state index contributed by atoms with van der Waals surface area (Å²) in [6.07, 6.45) is 0. The summed E-state index contributed by atoms with van der Waals surface area (Å²) in [5.74, 6) is 0.960. The van der Waals surface area contributed by atoms with E-state index in [0.29, 0.717) is 21.8 Å². The third-order valence-corrected chi connectivity index (χ3v) is 3.10. The molecule has 0 aliphatic heterocycles. The van der Waals surface area contributed by atoms with Gasteiger partial charge in [0, 0.05) is 11.1 Å². The van der Waals surface area contributed by atoms with Crippen LogP contribution in [0, 0.1) is 24.3 Å². The molecule has 0 radical (unpaired) electrons. The monoisotopic (exact) mass is 264 g/mol. The Bertz CT molecular complexity index is 652. The topological polar surface area (TPSA) is 37.9 Å². The maximum atomic E-state index is 13.4. The predicted molar refractivity (Wildman–Crippen MR) is 70.8 cm³/mol. The first-order chi connectivity index (χ1) is 8.52. The molecule has 0 aliphatic rings. The molecule has 5 heteroatoms. The molecule has 94 valence electrons. The Labute approximate surface area is 110 Å². The zero-order chi connectivity index (χ0) is 13.3. The lowest BCUT2D eigenvalue weighted by Gasteiger charge is -2.12. The van der Waals surface area contributed by atoms with Gasteiger partial charge in [-0.15, -0.1) is 0 Å². The van der Waals surface area contributed by atoms with Crippen LogP contribution in [0.3, 0.4) is 0 Å². The summed E-state index contributed by atoms with van der Waals surface area (Å²) in [6, 6.07) is 4.38. The molecule has 2 rings (SSSR count). The summed E-state index contributed by atoms with van der Waals surface area (Å²) < 4.78 is 19.1. The van der Waals surface area contributed by atoms with Crippen LogP contribution in [0.1, 0.15) is 11.4 Å². The lowest BCUT2D eigenvalue weighted by molar-refractivity contribution is 0.415. The summed E-state index contributed by atoms with van der Waals surface area (Å²) >= 11 is 5.17.